The van der Waals surface area contributed by atoms with E-state index >= 15 is 4.39 Å². The van der Waals surface area contributed by atoms with E-state index in [2.05, 4.69) is 32.3 Å². The molecule has 2 fully saturated rings. The third kappa shape index (κ3) is 4.07. The van der Waals surface area contributed by atoms with E-state index in [0.29, 0.717) is 24.0 Å². The molecule has 1 aromatic heterocycles. The van der Waals surface area contributed by atoms with Crippen LogP contribution in [0.15, 0.2) is 22.7 Å². The van der Waals surface area contributed by atoms with Crippen LogP contribution in [0, 0.1) is 17.1 Å². The number of likely N-dealkylation sites (tertiary alicyclic amines) is 1. The van der Waals surface area contributed by atoms with Crippen LogP contribution in [0.4, 0.5) is 9.18 Å². The molecule has 0 radical (unpaired) electrons. The molecule has 0 spiro atoms. The second-order valence-corrected chi connectivity index (χ2v) is 9.98. The molecule has 2 aliphatic heterocycles. The van der Waals surface area contributed by atoms with Crippen molar-refractivity contribution in [2.45, 2.75) is 36.2 Å². The van der Waals surface area contributed by atoms with Crippen molar-refractivity contribution in [1.29, 1.82) is 5.26 Å². The molecular weight excluding hydrogens is 533 g/mol. The van der Waals surface area contributed by atoms with E-state index in [1.807, 2.05) is 11.9 Å². The number of benzene rings is 1. The molecule has 3 unspecified atom stereocenters. The fourth-order valence-corrected chi connectivity index (χ4v) is 5.51. The number of methoxy groups -OCH3 is 1. The summed E-state index contributed by atoms with van der Waals surface area (Å²) in [5.41, 5.74) is -2.09. The molecule has 34 heavy (non-hydrogen) atoms. The van der Waals surface area contributed by atoms with Crippen LogP contribution in [0.3, 0.4) is 0 Å². The van der Waals surface area contributed by atoms with Gasteiger partial charge >= 0.3 is 6.09 Å². The average molecular weight is 557 g/mol. The van der Waals surface area contributed by atoms with Gasteiger partial charge in [-0.3, -0.25) is 15.1 Å². The molecule has 2 saturated heterocycles. The fourth-order valence-electron chi connectivity index (χ4n) is 4.82. The molecule has 9 nitrogen and oxygen atoms in total. The number of rotatable bonds is 4. The Morgan fingerprint density at radius 3 is 2.79 bits per heavy atom. The van der Waals surface area contributed by atoms with Crippen LogP contribution < -0.4 is 10.1 Å². The number of nitrogens with one attached hydrogen (secondary N) is 1. The Morgan fingerprint density at radius 1 is 1.44 bits per heavy atom. The second kappa shape index (κ2) is 9.43. The van der Waals surface area contributed by atoms with Crippen LogP contribution in [0.2, 0.25) is 0 Å². The number of halogens is 3. The van der Waals surface area contributed by atoms with Gasteiger partial charge in [0.1, 0.15) is 29.3 Å². The third-order valence-corrected chi connectivity index (χ3v) is 7.50. The lowest BCUT2D eigenvalue weighted by atomic mass is 9.80. The van der Waals surface area contributed by atoms with Crippen molar-refractivity contribution in [3.05, 3.63) is 34.1 Å². The Kier molecular flexibility index (Phi) is 6.90. The largest absolute Gasteiger partial charge is 0.470 e. The van der Waals surface area contributed by atoms with E-state index in [9.17, 15) is 15.2 Å². The zero-order valence-electron chi connectivity index (χ0n) is 18.8. The standard InChI is InChI=1S/C22H24BrClFN5O4/c1-22(16(7-26)27-8-17(24)30(22)21(31)32)12-6-18(34-15-10-29(2)9-14(15)33-3)28-20-11(12)4-5-13(23)19(20)25/h4-6,14-17,27H,8-10H2,1-3H3,(H,31,32)/t14-,15-,16?,17?,22?/m1/s1. The van der Waals surface area contributed by atoms with Crippen molar-refractivity contribution < 1.29 is 23.8 Å². The number of pyridine rings is 1. The molecule has 182 valence electrons. The lowest BCUT2D eigenvalue weighted by molar-refractivity contribution is 0.0303. The number of likely N-dealkylation sites (N-methyl/N-ethyl adjacent to an activating group) is 1. The fraction of sp³-hybridized carbons (Fsp3) is 0.500. The summed E-state index contributed by atoms with van der Waals surface area (Å²) in [6.07, 6.45) is -1.89. The van der Waals surface area contributed by atoms with Gasteiger partial charge in [-0.2, -0.15) is 5.26 Å². The zero-order chi connectivity index (χ0) is 24.8. The smallest absolute Gasteiger partial charge is 0.409 e. The van der Waals surface area contributed by atoms with Gasteiger partial charge in [-0.15, -0.1) is 0 Å². The van der Waals surface area contributed by atoms with Crippen LogP contribution in [0.25, 0.3) is 10.9 Å². The maximum absolute atomic E-state index is 15.2. The van der Waals surface area contributed by atoms with Gasteiger partial charge < -0.3 is 14.6 Å². The van der Waals surface area contributed by atoms with Gasteiger partial charge in [-0.1, -0.05) is 17.7 Å². The molecule has 0 bridgehead atoms. The van der Waals surface area contributed by atoms with Gasteiger partial charge in [0.2, 0.25) is 5.88 Å². The molecular formula is C22H24BrClFN5O4. The van der Waals surface area contributed by atoms with Crippen molar-refractivity contribution in [2.24, 2.45) is 0 Å². The maximum atomic E-state index is 15.2. The first-order chi connectivity index (χ1) is 16.1. The highest BCUT2D eigenvalue weighted by Crippen LogP contribution is 2.43. The van der Waals surface area contributed by atoms with Gasteiger partial charge in [-0.25, -0.2) is 14.2 Å². The summed E-state index contributed by atoms with van der Waals surface area (Å²) in [6, 6.07) is 5.89. The van der Waals surface area contributed by atoms with Crippen LogP contribution in [0.5, 0.6) is 5.88 Å². The zero-order valence-corrected chi connectivity index (χ0v) is 21.1. The number of amides is 1. The van der Waals surface area contributed by atoms with Gasteiger partial charge in [0.15, 0.2) is 5.82 Å². The number of piperazine rings is 1. The highest BCUT2D eigenvalue weighted by molar-refractivity contribution is 9.10. The second-order valence-electron chi connectivity index (χ2n) is 8.62. The van der Waals surface area contributed by atoms with Crippen LogP contribution >= 0.6 is 27.5 Å². The van der Waals surface area contributed by atoms with Crippen molar-refractivity contribution in [3.8, 4) is 11.9 Å². The topological polar surface area (TPSA) is 111 Å². The minimum atomic E-state index is -1.47. The minimum absolute atomic E-state index is 0.0119. The van der Waals surface area contributed by atoms with E-state index in [1.165, 1.54) is 6.07 Å². The Morgan fingerprint density at radius 2 is 2.15 bits per heavy atom. The summed E-state index contributed by atoms with van der Waals surface area (Å²) in [4.78, 5) is 19.8. The van der Waals surface area contributed by atoms with Crippen LogP contribution in [-0.2, 0) is 10.3 Å². The summed E-state index contributed by atoms with van der Waals surface area (Å²) >= 11 is 9.58. The summed E-state index contributed by atoms with van der Waals surface area (Å²) in [5, 5.41) is 23.3. The van der Waals surface area contributed by atoms with Gasteiger partial charge in [0, 0.05) is 38.2 Å². The van der Waals surface area contributed by atoms with Crippen molar-refractivity contribution in [3.63, 3.8) is 0 Å². The predicted molar refractivity (Wildman–Crippen MR) is 126 cm³/mol. The Hall–Kier alpha value is -2.23. The van der Waals surface area contributed by atoms with Crippen molar-refractivity contribution in [1.82, 2.24) is 20.1 Å². The highest BCUT2D eigenvalue weighted by atomic mass is 79.9. The van der Waals surface area contributed by atoms with Crippen LogP contribution in [0.1, 0.15) is 12.5 Å². The number of fused-ring (bicyclic) bond motifs is 1. The molecule has 2 N–H and O–H groups in total. The van der Waals surface area contributed by atoms with Crippen molar-refractivity contribution >= 4 is 44.5 Å². The number of nitriles is 1. The Labute approximate surface area is 209 Å². The lowest BCUT2D eigenvalue weighted by Gasteiger charge is -2.49. The number of carboxylic acid groups (broad SMARTS) is 1. The normalized spacial score (nSPS) is 29.9. The first kappa shape index (κ1) is 24.9. The molecule has 3 heterocycles. The number of alkyl halides is 1. The maximum Gasteiger partial charge on any atom is 0.409 e. The van der Waals surface area contributed by atoms with E-state index in [-0.39, 0.29) is 34.6 Å². The molecule has 2 aliphatic rings. The van der Waals surface area contributed by atoms with Gasteiger partial charge in [0.25, 0.3) is 0 Å². The molecule has 1 amide bonds. The summed E-state index contributed by atoms with van der Waals surface area (Å²) < 4.78 is 27.1. The van der Waals surface area contributed by atoms with E-state index < -0.39 is 29.0 Å². The highest BCUT2D eigenvalue weighted by Gasteiger charge is 2.51. The van der Waals surface area contributed by atoms with E-state index in [0.717, 1.165) is 4.90 Å². The third-order valence-electron chi connectivity index (χ3n) is 6.54. The SMILES string of the molecule is CO[C@@H]1CN(C)C[C@H]1Oc1cc(C2(C)C(C#N)NCC(Cl)N2C(=O)O)c2ccc(Br)c(F)c2n1. The van der Waals surface area contributed by atoms with E-state index in [1.54, 1.807) is 26.2 Å². The summed E-state index contributed by atoms with van der Waals surface area (Å²) in [5.74, 6) is -0.525. The molecule has 12 heteroatoms. The van der Waals surface area contributed by atoms with E-state index in [4.69, 9.17) is 21.1 Å². The molecule has 1 aromatic carbocycles. The van der Waals surface area contributed by atoms with Crippen LogP contribution in [-0.4, -0.2) is 83.5 Å². The Balaban J connectivity index is 1.94. The number of hydrogen-bond acceptors (Lipinski definition) is 7. The number of aromatic nitrogens is 1. The predicted octanol–water partition coefficient (Wildman–Crippen LogP) is 3.10. The number of ether oxygens (including phenoxy) is 2. The minimum Gasteiger partial charge on any atom is -0.470 e. The first-order valence-electron chi connectivity index (χ1n) is 10.6. The molecule has 0 aliphatic carbocycles. The van der Waals surface area contributed by atoms with Crippen molar-refractivity contribution in [2.75, 3.05) is 33.8 Å². The average Bonchev–Trinajstić information content (AvgIpc) is 3.15. The summed E-state index contributed by atoms with van der Waals surface area (Å²) in [7, 11) is 3.52. The number of carbonyl (C=O) groups is 1. The quantitative estimate of drug-likeness (QED) is 0.437. The Bertz CT molecular complexity index is 1170. The lowest BCUT2D eigenvalue weighted by Crippen LogP contribution is -2.67. The molecule has 5 atom stereocenters. The number of nitrogens with zero attached hydrogens (tertiary/aromatic N) is 4. The molecule has 4 rings (SSSR count). The number of hydrogen-bond donors (Lipinski definition) is 2. The van der Waals surface area contributed by atoms with Gasteiger partial charge in [-0.05, 0) is 41.5 Å². The first-order valence-corrected chi connectivity index (χ1v) is 11.8. The molecule has 0 saturated carbocycles. The summed E-state index contributed by atoms with van der Waals surface area (Å²) in [6.45, 7) is 2.90. The monoisotopic (exact) mass is 555 g/mol. The van der Waals surface area contributed by atoms with Gasteiger partial charge in [0.05, 0.1) is 16.1 Å². The molecule has 2 aromatic rings.